The zero-order valence-electron chi connectivity index (χ0n) is 22.8. The van der Waals surface area contributed by atoms with Crippen molar-refractivity contribution in [1.29, 1.82) is 0 Å². The van der Waals surface area contributed by atoms with Gasteiger partial charge in [-0.1, -0.05) is 60.7 Å². The number of carbonyl (C=O) groups excluding carboxylic acids is 2. The minimum absolute atomic E-state index is 0.00782. The summed E-state index contributed by atoms with van der Waals surface area (Å²) < 4.78 is 5.53. The number of para-hydroxylation sites is 1. The lowest BCUT2D eigenvalue weighted by Crippen LogP contribution is -2.65. The first-order valence-electron chi connectivity index (χ1n) is 14.2. The summed E-state index contributed by atoms with van der Waals surface area (Å²) in [5, 5.41) is 1.12. The van der Waals surface area contributed by atoms with E-state index in [9.17, 15) is 9.59 Å². The van der Waals surface area contributed by atoms with Gasteiger partial charge in [0, 0.05) is 48.7 Å². The number of nitrogens with zero attached hydrogens (tertiary/aromatic N) is 3. The van der Waals surface area contributed by atoms with Gasteiger partial charge in [-0.3, -0.25) is 14.5 Å². The van der Waals surface area contributed by atoms with Gasteiger partial charge in [0.1, 0.15) is 18.3 Å². The molecule has 4 aromatic rings. The molecule has 4 heterocycles. The molecular weight excluding hydrogens is 500 g/mol. The average molecular weight is 535 g/mol. The van der Waals surface area contributed by atoms with E-state index in [2.05, 4.69) is 46.3 Å². The number of piperidine rings is 1. The van der Waals surface area contributed by atoms with E-state index in [0.717, 1.165) is 65.9 Å². The first-order chi connectivity index (χ1) is 19.6. The van der Waals surface area contributed by atoms with E-state index in [1.54, 1.807) is 7.11 Å². The zero-order valence-corrected chi connectivity index (χ0v) is 22.8. The summed E-state index contributed by atoms with van der Waals surface area (Å²) in [5.41, 5.74) is 5.41. The third-order valence-electron chi connectivity index (χ3n) is 8.95. The van der Waals surface area contributed by atoms with Gasteiger partial charge in [0.2, 0.25) is 11.8 Å². The molecule has 3 aliphatic heterocycles. The molecule has 3 aliphatic rings. The third-order valence-corrected chi connectivity index (χ3v) is 8.95. The predicted octanol–water partition coefficient (Wildman–Crippen LogP) is 4.53. The van der Waals surface area contributed by atoms with E-state index in [0.29, 0.717) is 6.42 Å². The number of aromatic amines is 1. The average Bonchev–Trinajstić information content (AvgIpc) is 3.37. The number of rotatable bonds is 5. The van der Waals surface area contributed by atoms with Crippen molar-refractivity contribution < 1.29 is 14.3 Å². The minimum atomic E-state index is -0.522. The second kappa shape index (κ2) is 10.1. The van der Waals surface area contributed by atoms with Gasteiger partial charge < -0.3 is 19.5 Å². The fraction of sp³-hybridized carbons (Fsp3) is 0.333. The lowest BCUT2D eigenvalue weighted by atomic mass is 9.85. The highest BCUT2D eigenvalue weighted by molar-refractivity contribution is 5.97. The molecule has 2 saturated heterocycles. The Labute approximate surface area is 234 Å². The smallest absolute Gasteiger partial charge is 0.246 e. The number of benzene rings is 3. The lowest BCUT2D eigenvalue weighted by molar-refractivity contribution is -0.161. The summed E-state index contributed by atoms with van der Waals surface area (Å²) in [6, 6.07) is 25.8. The van der Waals surface area contributed by atoms with Crippen LogP contribution in [0.3, 0.4) is 0 Å². The second-order valence-corrected chi connectivity index (χ2v) is 11.2. The number of carbonyl (C=O) groups is 2. The Morgan fingerprint density at radius 3 is 2.50 bits per heavy atom. The number of likely N-dealkylation sites (tertiary alicyclic amines) is 1. The van der Waals surface area contributed by atoms with Crippen LogP contribution in [0.15, 0.2) is 78.9 Å². The number of ether oxygens (including phenoxy) is 1. The number of aromatic nitrogens is 1. The number of hydrogen-bond donors (Lipinski definition) is 1. The third kappa shape index (κ3) is 4.25. The Morgan fingerprint density at radius 2 is 1.70 bits per heavy atom. The van der Waals surface area contributed by atoms with Crippen LogP contribution in [0.4, 0.5) is 0 Å². The molecule has 0 aliphatic carbocycles. The van der Waals surface area contributed by atoms with Gasteiger partial charge in [-0.05, 0) is 47.7 Å². The number of piperazine rings is 1. The Bertz CT molecular complexity index is 1560. The quantitative estimate of drug-likeness (QED) is 0.409. The molecule has 0 spiro atoms. The number of amides is 2. The van der Waals surface area contributed by atoms with Crippen molar-refractivity contribution in [2.45, 2.75) is 43.9 Å². The van der Waals surface area contributed by atoms with Crippen LogP contribution in [0.1, 0.15) is 41.3 Å². The van der Waals surface area contributed by atoms with Crippen molar-refractivity contribution >= 4 is 22.7 Å². The Hall–Kier alpha value is -4.10. The van der Waals surface area contributed by atoms with E-state index >= 15 is 0 Å². The maximum atomic E-state index is 14.2. The van der Waals surface area contributed by atoms with E-state index in [4.69, 9.17) is 4.74 Å². The number of H-pyrrole nitrogens is 1. The second-order valence-electron chi connectivity index (χ2n) is 11.2. The van der Waals surface area contributed by atoms with E-state index in [1.807, 2.05) is 52.3 Å². The molecule has 2 atom stereocenters. The molecular formula is C33H34N4O3. The van der Waals surface area contributed by atoms with Crippen LogP contribution in [-0.2, 0) is 22.6 Å². The van der Waals surface area contributed by atoms with E-state index in [1.165, 1.54) is 5.56 Å². The largest absolute Gasteiger partial charge is 0.497 e. The van der Waals surface area contributed by atoms with Gasteiger partial charge in [0.15, 0.2) is 0 Å². The Kier molecular flexibility index (Phi) is 6.31. The first kappa shape index (κ1) is 24.9. The maximum Gasteiger partial charge on any atom is 0.246 e. The summed E-state index contributed by atoms with van der Waals surface area (Å²) in [6.45, 7) is 2.90. The van der Waals surface area contributed by atoms with Crippen LogP contribution in [0.25, 0.3) is 10.9 Å². The lowest BCUT2D eigenvalue weighted by Gasteiger charge is -2.49. The van der Waals surface area contributed by atoms with Gasteiger partial charge >= 0.3 is 0 Å². The highest BCUT2D eigenvalue weighted by atomic mass is 16.5. The van der Waals surface area contributed by atoms with Gasteiger partial charge in [-0.15, -0.1) is 0 Å². The van der Waals surface area contributed by atoms with Crippen LogP contribution in [0, 0.1) is 0 Å². The van der Waals surface area contributed by atoms with Crippen molar-refractivity contribution in [2.75, 3.05) is 26.7 Å². The Balaban J connectivity index is 1.19. The van der Waals surface area contributed by atoms with Gasteiger partial charge in [0.25, 0.3) is 0 Å². The predicted molar refractivity (Wildman–Crippen MR) is 154 cm³/mol. The normalized spacial score (nSPS) is 21.9. The molecule has 7 heteroatoms. The molecule has 0 bridgehead atoms. The minimum Gasteiger partial charge on any atom is -0.497 e. The van der Waals surface area contributed by atoms with Crippen molar-refractivity contribution in [3.05, 3.63) is 101 Å². The molecule has 204 valence electrons. The van der Waals surface area contributed by atoms with Crippen molar-refractivity contribution in [1.82, 2.24) is 19.7 Å². The van der Waals surface area contributed by atoms with Gasteiger partial charge in [0.05, 0.1) is 13.2 Å². The van der Waals surface area contributed by atoms with Gasteiger partial charge in [-0.25, -0.2) is 0 Å². The van der Waals surface area contributed by atoms with Crippen LogP contribution >= 0.6 is 0 Å². The van der Waals surface area contributed by atoms with Crippen LogP contribution in [0.2, 0.25) is 0 Å². The van der Waals surface area contributed by atoms with Crippen LogP contribution < -0.4 is 4.74 Å². The summed E-state index contributed by atoms with van der Waals surface area (Å²) >= 11 is 0. The van der Waals surface area contributed by atoms with Gasteiger partial charge in [-0.2, -0.15) is 0 Å². The van der Waals surface area contributed by atoms with Crippen LogP contribution in [0.5, 0.6) is 5.75 Å². The number of nitrogens with one attached hydrogen (secondary N) is 1. The molecule has 2 fully saturated rings. The fourth-order valence-corrected chi connectivity index (χ4v) is 6.98. The molecule has 7 nitrogen and oxygen atoms in total. The molecule has 1 aromatic heterocycles. The summed E-state index contributed by atoms with van der Waals surface area (Å²) in [6.07, 6.45) is 2.29. The number of fused-ring (bicyclic) bond motifs is 4. The summed E-state index contributed by atoms with van der Waals surface area (Å²) in [5.74, 6) is 0.815. The standard InChI is InChI=1S/C33H34N4O3/c1-40-25-11-7-10-23(18-25)32-31-27(26-12-5-6-13-28(26)34-31)19-29-33(39)36(21-30(38)37(29)32)24-14-16-35(17-15-24)20-22-8-3-2-4-9-22/h2-13,18,24,29,32,34H,14-17,19-21H2,1H3/t29-,32?/m1/s1. The number of methoxy groups -OCH3 is 1. The number of hydrogen-bond acceptors (Lipinski definition) is 4. The molecule has 3 aromatic carbocycles. The Morgan fingerprint density at radius 1 is 0.925 bits per heavy atom. The van der Waals surface area contributed by atoms with Crippen LogP contribution in [-0.4, -0.2) is 70.3 Å². The topological polar surface area (TPSA) is 68.9 Å². The monoisotopic (exact) mass is 534 g/mol. The van der Waals surface area contributed by atoms with Crippen molar-refractivity contribution in [3.8, 4) is 5.75 Å². The molecule has 40 heavy (non-hydrogen) atoms. The summed E-state index contributed by atoms with van der Waals surface area (Å²) in [7, 11) is 1.65. The SMILES string of the molecule is COc1cccc(C2c3[nH]c4ccccc4c3C[C@@H]3C(=O)N(C4CCN(Cc5ccccc5)CC4)CC(=O)N23)c1. The highest BCUT2D eigenvalue weighted by Gasteiger charge is 2.49. The first-order valence-corrected chi connectivity index (χ1v) is 14.2. The summed E-state index contributed by atoms with van der Waals surface area (Å²) in [4.78, 5) is 38.0. The van der Waals surface area contributed by atoms with E-state index < -0.39 is 6.04 Å². The highest BCUT2D eigenvalue weighted by Crippen LogP contribution is 2.43. The molecule has 0 saturated carbocycles. The zero-order chi connectivity index (χ0) is 27.2. The maximum absolute atomic E-state index is 14.2. The molecule has 2 amide bonds. The van der Waals surface area contributed by atoms with Crippen molar-refractivity contribution in [3.63, 3.8) is 0 Å². The molecule has 7 rings (SSSR count). The molecule has 1 N–H and O–H groups in total. The van der Waals surface area contributed by atoms with E-state index in [-0.39, 0.29) is 30.4 Å². The molecule has 1 unspecified atom stereocenters. The van der Waals surface area contributed by atoms with Crippen molar-refractivity contribution in [2.24, 2.45) is 0 Å². The molecule has 0 radical (unpaired) electrons. The fourth-order valence-electron chi connectivity index (χ4n) is 6.98.